The van der Waals surface area contributed by atoms with Crippen LogP contribution in [-0.2, 0) is 16.4 Å². The second kappa shape index (κ2) is 6.43. The number of para-hydroxylation sites is 1. The quantitative estimate of drug-likeness (QED) is 0.802. The van der Waals surface area contributed by atoms with Gasteiger partial charge in [-0.3, -0.25) is 4.90 Å². The molecule has 0 spiro atoms. The number of fused-ring (bicyclic) bond motifs is 3. The van der Waals surface area contributed by atoms with Crippen LogP contribution in [0.25, 0.3) is 0 Å². The molecular weight excluding hydrogens is 356 g/mol. The third-order valence-corrected chi connectivity index (χ3v) is 7.68. The molecule has 0 aliphatic carbocycles. The molecule has 5 heteroatoms. The van der Waals surface area contributed by atoms with Gasteiger partial charge in [0, 0.05) is 18.6 Å². The van der Waals surface area contributed by atoms with E-state index in [1.165, 1.54) is 12.0 Å². The number of nitrogens with zero attached hydrogens (tertiary/aromatic N) is 2. The standard InChI is InChI=1S/C22H22N2O2S/c25-27(26)21-12-5-4-11-20(21)23-22(27)17-13-18-9-6-10-19(14-17)24(18)15-16-7-2-1-3-8-16/h1-5,7-8,11-13,18-19H,6,9-10,14-15H2. The number of piperidine rings is 1. The van der Waals surface area contributed by atoms with Crippen LogP contribution in [-0.4, -0.2) is 30.4 Å². The smallest absolute Gasteiger partial charge is 0.226 e. The summed E-state index contributed by atoms with van der Waals surface area (Å²) in [6.07, 6.45) is 6.31. The molecule has 0 radical (unpaired) electrons. The van der Waals surface area contributed by atoms with E-state index in [0.29, 0.717) is 16.6 Å². The largest absolute Gasteiger partial charge is 0.289 e. The highest BCUT2D eigenvalue weighted by atomic mass is 32.2. The fraction of sp³-hybridized carbons (Fsp3) is 0.318. The zero-order valence-electron chi connectivity index (χ0n) is 15.1. The molecule has 0 saturated carbocycles. The average Bonchev–Trinajstić information content (AvgIpc) is 2.94. The summed E-state index contributed by atoms with van der Waals surface area (Å²) in [5, 5.41) is 0.278. The summed E-state index contributed by atoms with van der Waals surface area (Å²) < 4.78 is 26.0. The van der Waals surface area contributed by atoms with Gasteiger partial charge < -0.3 is 0 Å². The molecule has 27 heavy (non-hydrogen) atoms. The van der Waals surface area contributed by atoms with E-state index >= 15 is 0 Å². The van der Waals surface area contributed by atoms with Crippen LogP contribution in [0.5, 0.6) is 0 Å². The van der Waals surface area contributed by atoms with E-state index in [0.717, 1.165) is 31.4 Å². The molecule has 2 bridgehead atoms. The van der Waals surface area contributed by atoms with E-state index < -0.39 is 9.84 Å². The molecule has 2 unspecified atom stereocenters. The number of sulfone groups is 1. The molecule has 3 aliphatic heterocycles. The van der Waals surface area contributed by atoms with Crippen molar-refractivity contribution in [2.75, 3.05) is 0 Å². The fourth-order valence-corrected chi connectivity index (χ4v) is 6.18. The van der Waals surface area contributed by atoms with Gasteiger partial charge in [0.15, 0.2) is 5.04 Å². The summed E-state index contributed by atoms with van der Waals surface area (Å²) in [6.45, 7) is 0.916. The lowest BCUT2D eigenvalue weighted by Crippen LogP contribution is -2.48. The Morgan fingerprint density at radius 3 is 2.56 bits per heavy atom. The van der Waals surface area contributed by atoms with Crippen LogP contribution in [0.3, 0.4) is 0 Å². The highest BCUT2D eigenvalue weighted by molar-refractivity contribution is 8.07. The summed E-state index contributed by atoms with van der Waals surface area (Å²) in [6, 6.07) is 18.2. The highest BCUT2D eigenvalue weighted by Gasteiger charge is 2.40. The molecule has 2 atom stereocenters. The van der Waals surface area contributed by atoms with Gasteiger partial charge in [-0.2, -0.15) is 0 Å². The summed E-state index contributed by atoms with van der Waals surface area (Å²) in [7, 11) is -3.49. The predicted molar refractivity (Wildman–Crippen MR) is 107 cm³/mol. The molecule has 138 valence electrons. The van der Waals surface area contributed by atoms with Gasteiger partial charge in [0.1, 0.15) is 0 Å². The first-order valence-electron chi connectivity index (χ1n) is 9.56. The van der Waals surface area contributed by atoms with Crippen molar-refractivity contribution in [2.24, 2.45) is 4.99 Å². The number of hydrogen-bond donors (Lipinski definition) is 0. The first-order valence-corrected chi connectivity index (χ1v) is 11.0. The van der Waals surface area contributed by atoms with Gasteiger partial charge in [-0.1, -0.05) is 55.0 Å². The molecule has 1 fully saturated rings. The Labute approximate surface area is 160 Å². The van der Waals surface area contributed by atoms with Crippen LogP contribution in [0.15, 0.2) is 76.1 Å². The highest BCUT2D eigenvalue weighted by Crippen LogP contribution is 2.40. The number of hydrogen-bond acceptors (Lipinski definition) is 4. The Bertz CT molecular complexity index is 1040. The SMILES string of the molecule is O=S1(=O)C(C2=CC3CCCC(C2)N3Cc2ccccc2)=Nc2ccccc21. The van der Waals surface area contributed by atoms with Crippen LogP contribution < -0.4 is 0 Å². The first kappa shape index (κ1) is 16.9. The first-order chi connectivity index (χ1) is 13.1. The van der Waals surface area contributed by atoms with Crippen molar-refractivity contribution in [2.45, 2.75) is 49.2 Å². The van der Waals surface area contributed by atoms with Crippen molar-refractivity contribution >= 4 is 20.6 Å². The molecule has 1 saturated heterocycles. The van der Waals surface area contributed by atoms with E-state index in [-0.39, 0.29) is 11.1 Å². The molecule has 3 heterocycles. The van der Waals surface area contributed by atoms with Gasteiger partial charge in [0.2, 0.25) is 9.84 Å². The lowest BCUT2D eigenvalue weighted by atomic mass is 9.85. The van der Waals surface area contributed by atoms with E-state index in [1.807, 2.05) is 12.1 Å². The maximum Gasteiger partial charge on any atom is 0.226 e. The van der Waals surface area contributed by atoms with Crippen molar-refractivity contribution in [3.05, 3.63) is 71.8 Å². The maximum atomic E-state index is 13.0. The van der Waals surface area contributed by atoms with Gasteiger partial charge in [-0.15, -0.1) is 0 Å². The minimum absolute atomic E-state index is 0.278. The normalized spacial score (nSPS) is 26.2. The van der Waals surface area contributed by atoms with Gasteiger partial charge >= 0.3 is 0 Å². The Balaban J connectivity index is 1.48. The Morgan fingerprint density at radius 2 is 1.78 bits per heavy atom. The lowest BCUT2D eigenvalue weighted by molar-refractivity contribution is 0.0905. The van der Waals surface area contributed by atoms with Crippen LogP contribution in [0.1, 0.15) is 31.2 Å². The average molecular weight is 378 g/mol. The Hall–Kier alpha value is -2.24. The van der Waals surface area contributed by atoms with E-state index in [1.54, 1.807) is 18.2 Å². The summed E-state index contributed by atoms with van der Waals surface area (Å²) in [5.41, 5.74) is 2.79. The molecule has 0 aromatic heterocycles. The number of aliphatic imine (C=N–C) groups is 1. The van der Waals surface area contributed by atoms with E-state index in [9.17, 15) is 8.42 Å². The lowest BCUT2D eigenvalue weighted by Gasteiger charge is -2.45. The zero-order valence-corrected chi connectivity index (χ0v) is 15.9. The summed E-state index contributed by atoms with van der Waals surface area (Å²) in [5.74, 6) is 0. The third kappa shape index (κ3) is 2.86. The third-order valence-electron chi connectivity index (χ3n) is 5.90. The van der Waals surface area contributed by atoms with Crippen molar-refractivity contribution in [1.82, 2.24) is 4.90 Å². The zero-order chi connectivity index (χ0) is 18.4. The molecule has 4 nitrogen and oxygen atoms in total. The van der Waals surface area contributed by atoms with Crippen LogP contribution in [0.2, 0.25) is 0 Å². The van der Waals surface area contributed by atoms with Gasteiger partial charge in [0.05, 0.1) is 10.6 Å². The van der Waals surface area contributed by atoms with Crippen LogP contribution >= 0.6 is 0 Å². The van der Waals surface area contributed by atoms with Gasteiger partial charge in [-0.25, -0.2) is 13.4 Å². The summed E-state index contributed by atoms with van der Waals surface area (Å²) in [4.78, 5) is 7.39. The van der Waals surface area contributed by atoms with Gasteiger partial charge in [-0.05, 0) is 42.5 Å². The van der Waals surface area contributed by atoms with Crippen LogP contribution in [0, 0.1) is 0 Å². The van der Waals surface area contributed by atoms with Crippen molar-refractivity contribution < 1.29 is 8.42 Å². The molecule has 0 N–H and O–H groups in total. The van der Waals surface area contributed by atoms with E-state index in [4.69, 9.17) is 0 Å². The van der Waals surface area contributed by atoms with Crippen molar-refractivity contribution in [3.63, 3.8) is 0 Å². The molecule has 2 aromatic carbocycles. The Kier molecular flexibility index (Phi) is 4.02. The number of rotatable bonds is 3. The molecule has 3 aliphatic rings. The van der Waals surface area contributed by atoms with E-state index in [2.05, 4.69) is 40.2 Å². The molecule has 2 aromatic rings. The van der Waals surface area contributed by atoms with Crippen LogP contribution in [0.4, 0.5) is 5.69 Å². The monoisotopic (exact) mass is 378 g/mol. The fourth-order valence-electron chi connectivity index (χ4n) is 4.61. The summed E-state index contributed by atoms with van der Waals surface area (Å²) >= 11 is 0. The van der Waals surface area contributed by atoms with Gasteiger partial charge in [0.25, 0.3) is 0 Å². The topological polar surface area (TPSA) is 49.7 Å². The van der Waals surface area contributed by atoms with Crippen molar-refractivity contribution in [3.8, 4) is 0 Å². The Morgan fingerprint density at radius 1 is 1.00 bits per heavy atom. The number of benzene rings is 2. The predicted octanol–water partition coefficient (Wildman–Crippen LogP) is 4.26. The van der Waals surface area contributed by atoms with Crippen molar-refractivity contribution in [1.29, 1.82) is 0 Å². The molecule has 0 amide bonds. The second-order valence-electron chi connectivity index (χ2n) is 7.59. The molecule has 5 rings (SSSR count). The minimum atomic E-state index is -3.49. The minimum Gasteiger partial charge on any atom is -0.289 e. The maximum absolute atomic E-state index is 13.0. The molecular formula is C22H22N2O2S. The second-order valence-corrected chi connectivity index (χ2v) is 9.43.